The lowest BCUT2D eigenvalue weighted by molar-refractivity contribution is 0.219. The Hall–Kier alpha value is 0.107. The van der Waals surface area contributed by atoms with Crippen LogP contribution in [0.1, 0.15) is 20.8 Å². The molecule has 0 saturated heterocycles. The molecule has 0 aromatic rings. The molecule has 0 radical (unpaired) electrons. The third-order valence-electron chi connectivity index (χ3n) is 2.22. The van der Waals surface area contributed by atoms with E-state index in [2.05, 4.69) is 26.2 Å². The molecule has 0 N–H and O–H groups in total. The molecule has 0 saturated carbocycles. The maximum absolute atomic E-state index is 12.7. The normalized spacial score (nSPS) is 14.9. The van der Waals surface area contributed by atoms with E-state index in [0.29, 0.717) is 13.2 Å². The zero-order valence-corrected chi connectivity index (χ0v) is 13.3. The van der Waals surface area contributed by atoms with E-state index in [-0.39, 0.29) is 5.28 Å². The van der Waals surface area contributed by atoms with Gasteiger partial charge in [0.2, 0.25) is 0 Å². The molecule has 0 rings (SSSR count). The van der Waals surface area contributed by atoms with Crippen LogP contribution in [-0.4, -0.2) is 26.6 Å². The molecule has 0 bridgehead atoms. The Bertz CT molecular complexity index is 273. The van der Waals surface area contributed by atoms with Gasteiger partial charge in [-0.15, -0.1) is 0 Å². The summed E-state index contributed by atoms with van der Waals surface area (Å²) in [6.07, 6.45) is 0. The van der Waals surface area contributed by atoms with Gasteiger partial charge in [-0.2, -0.15) is 0 Å². The van der Waals surface area contributed by atoms with E-state index >= 15 is 0 Å². The fourth-order valence-corrected chi connectivity index (χ4v) is 9.38. The summed E-state index contributed by atoms with van der Waals surface area (Å²) in [5.41, 5.74) is 0.907. The van der Waals surface area contributed by atoms with Crippen molar-refractivity contribution in [2.75, 3.05) is 13.2 Å². The quantitative estimate of drug-likeness (QED) is 0.395. The zero-order valence-electron chi connectivity index (χ0n) is 11.4. The average molecular weight is 264 g/mol. The number of hydrogen-bond donors (Lipinski definition) is 0. The van der Waals surface area contributed by atoms with Crippen LogP contribution in [-0.2, 0) is 13.6 Å². The lowest BCUT2D eigenvalue weighted by atomic mass is 10.4. The van der Waals surface area contributed by atoms with Crippen molar-refractivity contribution in [1.82, 2.24) is 0 Å². The molecular formula is C11H25O3PSi. The van der Waals surface area contributed by atoms with Gasteiger partial charge in [-0.3, -0.25) is 4.57 Å². The zero-order chi connectivity index (χ0) is 13.0. The molecule has 0 amide bonds. The highest BCUT2D eigenvalue weighted by Crippen LogP contribution is 2.58. The Labute approximate surface area is 101 Å². The van der Waals surface area contributed by atoms with Crippen LogP contribution in [0.5, 0.6) is 0 Å². The Balaban J connectivity index is 5.27. The molecule has 96 valence electrons. The first-order valence-corrected chi connectivity index (χ1v) is 10.9. The highest BCUT2D eigenvalue weighted by Gasteiger charge is 2.44. The van der Waals surface area contributed by atoms with Crippen molar-refractivity contribution < 1.29 is 13.6 Å². The summed E-state index contributed by atoms with van der Waals surface area (Å²) in [6, 6.07) is 0. The van der Waals surface area contributed by atoms with Gasteiger partial charge < -0.3 is 9.05 Å². The molecule has 0 aliphatic heterocycles. The van der Waals surface area contributed by atoms with Crippen LogP contribution in [0, 0.1) is 0 Å². The summed E-state index contributed by atoms with van der Waals surface area (Å²) in [5, 5.41) is -0.125. The minimum atomic E-state index is -3.04. The molecular weight excluding hydrogens is 239 g/mol. The van der Waals surface area contributed by atoms with Gasteiger partial charge in [-0.25, -0.2) is 0 Å². The van der Waals surface area contributed by atoms with Crippen molar-refractivity contribution in [3.05, 3.63) is 12.2 Å². The van der Waals surface area contributed by atoms with Gasteiger partial charge in [0.25, 0.3) is 0 Å². The molecule has 0 aromatic heterocycles. The first kappa shape index (κ1) is 16.1. The van der Waals surface area contributed by atoms with Gasteiger partial charge in [-0.1, -0.05) is 31.8 Å². The van der Waals surface area contributed by atoms with E-state index in [0.717, 1.165) is 5.57 Å². The SMILES string of the molecule is C=C(C)C([Si](C)(C)C)P(=O)(OCC)OCC. The molecule has 0 spiro atoms. The third kappa shape index (κ3) is 4.17. The van der Waals surface area contributed by atoms with Crippen molar-refractivity contribution >= 4 is 15.7 Å². The minimum absolute atomic E-state index is 0.125. The largest absolute Gasteiger partial charge is 0.334 e. The van der Waals surface area contributed by atoms with Gasteiger partial charge in [0.1, 0.15) is 0 Å². The summed E-state index contributed by atoms with van der Waals surface area (Å²) < 4.78 is 23.6. The van der Waals surface area contributed by atoms with Crippen LogP contribution < -0.4 is 0 Å². The lowest BCUT2D eigenvalue weighted by Crippen LogP contribution is -2.39. The second-order valence-electron chi connectivity index (χ2n) is 4.99. The van der Waals surface area contributed by atoms with Gasteiger partial charge in [-0.05, 0) is 20.8 Å². The van der Waals surface area contributed by atoms with Crippen molar-refractivity contribution in [2.45, 2.75) is 45.7 Å². The number of hydrogen-bond acceptors (Lipinski definition) is 3. The third-order valence-corrected chi connectivity index (χ3v) is 9.94. The first-order valence-electron chi connectivity index (χ1n) is 5.73. The highest BCUT2D eigenvalue weighted by molar-refractivity contribution is 7.58. The van der Waals surface area contributed by atoms with Gasteiger partial charge in [0.05, 0.1) is 26.6 Å². The smallest absolute Gasteiger partial charge is 0.309 e. The van der Waals surface area contributed by atoms with E-state index in [9.17, 15) is 4.57 Å². The summed E-state index contributed by atoms with van der Waals surface area (Å²) >= 11 is 0. The van der Waals surface area contributed by atoms with Crippen LogP contribution in [0.4, 0.5) is 0 Å². The van der Waals surface area contributed by atoms with Crippen LogP contribution in [0.15, 0.2) is 12.2 Å². The number of allylic oxidation sites excluding steroid dienone is 1. The Morgan fingerprint density at radius 1 is 1.25 bits per heavy atom. The molecule has 3 nitrogen and oxygen atoms in total. The molecule has 0 fully saturated rings. The van der Waals surface area contributed by atoms with E-state index < -0.39 is 15.7 Å². The predicted molar refractivity (Wildman–Crippen MR) is 72.8 cm³/mol. The molecule has 0 heterocycles. The number of rotatable bonds is 7. The average Bonchev–Trinajstić information content (AvgIpc) is 1.99. The maximum Gasteiger partial charge on any atom is 0.334 e. The fourth-order valence-electron chi connectivity index (χ4n) is 2.03. The molecule has 5 heteroatoms. The summed E-state index contributed by atoms with van der Waals surface area (Å²) in [5.74, 6) is 0. The predicted octanol–water partition coefficient (Wildman–Crippen LogP) is 4.07. The highest BCUT2D eigenvalue weighted by atomic mass is 31.2. The van der Waals surface area contributed by atoms with Gasteiger partial charge in [0, 0.05) is 0 Å². The Morgan fingerprint density at radius 2 is 1.62 bits per heavy atom. The van der Waals surface area contributed by atoms with E-state index in [1.807, 2.05) is 20.8 Å². The summed E-state index contributed by atoms with van der Waals surface area (Å²) in [4.78, 5) is 0. The topological polar surface area (TPSA) is 35.5 Å². The van der Waals surface area contributed by atoms with Gasteiger partial charge >= 0.3 is 7.60 Å². The Morgan fingerprint density at radius 3 is 1.81 bits per heavy atom. The molecule has 0 aliphatic carbocycles. The minimum Gasteiger partial charge on any atom is -0.309 e. The van der Waals surface area contributed by atoms with Crippen LogP contribution >= 0.6 is 7.60 Å². The second kappa shape index (κ2) is 6.15. The standard InChI is InChI=1S/C11H25O3PSi/c1-8-13-15(12,14-9-2)11(10(3)4)16(5,6)7/h11H,3,8-9H2,1-2,4-7H3. The molecule has 0 aliphatic rings. The van der Waals surface area contributed by atoms with Crippen molar-refractivity contribution in [2.24, 2.45) is 0 Å². The van der Waals surface area contributed by atoms with E-state index in [1.54, 1.807) is 0 Å². The van der Waals surface area contributed by atoms with Crippen LogP contribution in [0.2, 0.25) is 19.6 Å². The summed E-state index contributed by atoms with van der Waals surface area (Å²) in [7, 11) is -4.72. The fraction of sp³-hybridized carbons (Fsp3) is 0.818. The van der Waals surface area contributed by atoms with E-state index in [4.69, 9.17) is 9.05 Å². The maximum atomic E-state index is 12.7. The molecule has 16 heavy (non-hydrogen) atoms. The monoisotopic (exact) mass is 264 g/mol. The van der Waals surface area contributed by atoms with Gasteiger partial charge in [0.15, 0.2) is 0 Å². The molecule has 1 atom stereocenters. The lowest BCUT2D eigenvalue weighted by Gasteiger charge is -2.34. The van der Waals surface area contributed by atoms with Crippen molar-refractivity contribution in [3.8, 4) is 0 Å². The summed E-state index contributed by atoms with van der Waals surface area (Å²) in [6.45, 7) is 16.9. The van der Waals surface area contributed by atoms with Crippen molar-refractivity contribution in [3.63, 3.8) is 0 Å². The van der Waals surface area contributed by atoms with Crippen LogP contribution in [0.25, 0.3) is 0 Å². The van der Waals surface area contributed by atoms with E-state index in [1.165, 1.54) is 0 Å². The molecule has 0 aromatic carbocycles. The first-order chi connectivity index (χ1) is 7.19. The van der Waals surface area contributed by atoms with Crippen molar-refractivity contribution in [1.29, 1.82) is 0 Å². The van der Waals surface area contributed by atoms with Crippen LogP contribution in [0.3, 0.4) is 0 Å². The molecule has 1 unspecified atom stereocenters. The Kier molecular flexibility index (Phi) is 6.19. The second-order valence-corrected chi connectivity index (χ2v) is 12.9.